The van der Waals surface area contributed by atoms with E-state index in [-0.39, 0.29) is 29.9 Å². The Kier molecular flexibility index (Phi) is 6.73. The van der Waals surface area contributed by atoms with Crippen LogP contribution in [0.4, 0.5) is 24.7 Å². The summed E-state index contributed by atoms with van der Waals surface area (Å²) < 4.78 is 71.8. The third kappa shape index (κ3) is 5.03. The maximum atomic E-state index is 13.5. The number of fused-ring (bicyclic) bond motifs is 3. The van der Waals surface area contributed by atoms with E-state index in [0.717, 1.165) is 25.3 Å². The molecule has 2 unspecified atom stereocenters. The molecule has 2 N–H and O–H groups in total. The smallest absolute Gasteiger partial charge is 0.416 e. The van der Waals surface area contributed by atoms with Crippen molar-refractivity contribution < 1.29 is 27.2 Å². The number of anilines is 2. The number of nitrogens with zero attached hydrogens (tertiary/aromatic N) is 2. The zero-order valence-electron chi connectivity index (χ0n) is 19.1. The van der Waals surface area contributed by atoms with Crippen molar-refractivity contribution in [1.82, 2.24) is 8.75 Å². The molecule has 1 saturated heterocycles. The summed E-state index contributed by atoms with van der Waals surface area (Å²) in [6.45, 7) is 2.50. The molecule has 1 aliphatic carbocycles. The monoisotopic (exact) mass is 508 g/mol. The van der Waals surface area contributed by atoms with E-state index in [2.05, 4.69) is 31.5 Å². The van der Waals surface area contributed by atoms with Gasteiger partial charge in [-0.15, -0.1) is 0 Å². The zero-order valence-corrected chi connectivity index (χ0v) is 19.9. The van der Waals surface area contributed by atoms with Crippen LogP contribution in [0, 0.1) is 11.8 Å². The summed E-state index contributed by atoms with van der Waals surface area (Å²) in [6.07, 6.45) is 5.53. The van der Waals surface area contributed by atoms with Gasteiger partial charge in [0.25, 0.3) is 5.82 Å². The lowest BCUT2D eigenvalue weighted by molar-refractivity contribution is -0.138. The molecular weight excluding hydrogens is 481 g/mol. The van der Waals surface area contributed by atoms with Gasteiger partial charge in [0, 0.05) is 44.4 Å². The van der Waals surface area contributed by atoms with Gasteiger partial charge in [-0.05, 0) is 44.4 Å². The van der Waals surface area contributed by atoms with E-state index >= 15 is 0 Å². The molecule has 7 nitrogen and oxygen atoms in total. The number of nitrogens with one attached hydrogen (secondary N) is 2. The van der Waals surface area contributed by atoms with Gasteiger partial charge in [0.05, 0.1) is 24.4 Å². The van der Waals surface area contributed by atoms with Crippen molar-refractivity contribution in [3.63, 3.8) is 0 Å². The first kappa shape index (κ1) is 24.1. The summed E-state index contributed by atoms with van der Waals surface area (Å²) in [5, 5.41) is 6.63. The Morgan fingerprint density at radius 1 is 1.26 bits per heavy atom. The predicted molar refractivity (Wildman–Crippen MR) is 126 cm³/mol. The van der Waals surface area contributed by atoms with E-state index in [4.69, 9.17) is 9.47 Å². The van der Waals surface area contributed by atoms with Crippen LogP contribution in [-0.2, 0) is 10.9 Å². The number of allylic oxidation sites excluding steroid dienone is 3. The summed E-state index contributed by atoms with van der Waals surface area (Å²) in [6, 6.07) is 3.90. The predicted octanol–water partition coefficient (Wildman–Crippen LogP) is 5.50. The van der Waals surface area contributed by atoms with Crippen LogP contribution in [0.15, 0.2) is 42.5 Å². The van der Waals surface area contributed by atoms with Crippen LogP contribution in [0.1, 0.15) is 43.4 Å². The fourth-order valence-corrected chi connectivity index (χ4v) is 5.83. The Morgan fingerprint density at radius 3 is 2.86 bits per heavy atom. The van der Waals surface area contributed by atoms with Gasteiger partial charge < -0.3 is 24.7 Å². The third-order valence-electron chi connectivity index (χ3n) is 6.80. The normalized spacial score (nSPS) is 28.1. The quantitative estimate of drug-likeness (QED) is 0.498. The van der Waals surface area contributed by atoms with E-state index in [9.17, 15) is 17.7 Å². The van der Waals surface area contributed by atoms with Gasteiger partial charge in [0.15, 0.2) is 11.1 Å². The van der Waals surface area contributed by atoms with Crippen LogP contribution < -0.4 is 15.4 Å². The SMILES string of the molecule is CCOc1n[s+]([O-])nc1NC[C@H]1CC[C@@H]2[C@H](O1)c1cc(C(F)(F)F)ccc1N[C@H]2C1C=CC=CC1. The lowest BCUT2D eigenvalue weighted by Crippen LogP contribution is -2.47. The lowest BCUT2D eigenvalue weighted by Gasteiger charge is -2.47. The highest BCUT2D eigenvalue weighted by Crippen LogP contribution is 2.49. The second kappa shape index (κ2) is 9.79. The number of rotatable bonds is 6. The average molecular weight is 509 g/mol. The average Bonchev–Trinajstić information content (AvgIpc) is 3.20. The molecule has 3 aliphatic rings. The maximum absolute atomic E-state index is 13.5. The van der Waals surface area contributed by atoms with E-state index in [1.165, 1.54) is 12.1 Å². The van der Waals surface area contributed by atoms with Gasteiger partial charge in [-0.1, -0.05) is 24.3 Å². The van der Waals surface area contributed by atoms with E-state index < -0.39 is 29.0 Å². The van der Waals surface area contributed by atoms with Gasteiger partial charge in [-0.3, -0.25) is 0 Å². The lowest BCUT2D eigenvalue weighted by atomic mass is 9.73. The van der Waals surface area contributed by atoms with Crippen molar-refractivity contribution in [2.75, 3.05) is 23.8 Å². The van der Waals surface area contributed by atoms with Crippen LogP contribution in [0.25, 0.3) is 0 Å². The summed E-state index contributed by atoms with van der Waals surface area (Å²) in [7, 11) is 0. The Balaban J connectivity index is 1.39. The number of halogens is 3. The Labute approximate surface area is 204 Å². The molecule has 3 heterocycles. The molecule has 35 heavy (non-hydrogen) atoms. The minimum Gasteiger partial charge on any atom is -0.546 e. The molecule has 1 aromatic heterocycles. The Hall–Kier alpha value is -2.63. The van der Waals surface area contributed by atoms with Crippen LogP contribution in [0.3, 0.4) is 0 Å². The summed E-state index contributed by atoms with van der Waals surface area (Å²) >= 11 is -1.73. The minimum absolute atomic E-state index is 0.0280. The number of aromatic nitrogens is 2. The van der Waals surface area contributed by atoms with E-state index in [1.54, 1.807) is 6.92 Å². The Bertz CT molecular complexity index is 1120. The third-order valence-corrected chi connectivity index (χ3v) is 7.47. The van der Waals surface area contributed by atoms with Crippen molar-refractivity contribution in [3.8, 4) is 5.88 Å². The Morgan fingerprint density at radius 2 is 2.11 bits per heavy atom. The van der Waals surface area contributed by atoms with Crippen molar-refractivity contribution in [2.24, 2.45) is 11.8 Å². The summed E-state index contributed by atoms with van der Waals surface area (Å²) in [5.41, 5.74) is 0.541. The molecular formula is C24H27F3N4O3S. The van der Waals surface area contributed by atoms with Crippen molar-refractivity contribution >= 4 is 22.6 Å². The van der Waals surface area contributed by atoms with Gasteiger partial charge in [-0.2, -0.15) is 13.2 Å². The molecule has 0 spiro atoms. The summed E-state index contributed by atoms with van der Waals surface area (Å²) in [4.78, 5) is 0. The maximum Gasteiger partial charge on any atom is 0.416 e. The van der Waals surface area contributed by atoms with Crippen molar-refractivity contribution in [1.29, 1.82) is 0 Å². The van der Waals surface area contributed by atoms with Gasteiger partial charge in [0.1, 0.15) is 0 Å². The molecule has 188 valence electrons. The van der Waals surface area contributed by atoms with E-state index in [1.807, 2.05) is 12.2 Å². The first-order chi connectivity index (χ1) is 16.8. The fraction of sp³-hybridized carbons (Fsp3) is 0.500. The molecule has 5 rings (SSSR count). The fourth-order valence-electron chi connectivity index (χ4n) is 5.21. The number of hydrogen-bond acceptors (Lipinski definition) is 7. The first-order valence-electron chi connectivity index (χ1n) is 11.8. The summed E-state index contributed by atoms with van der Waals surface area (Å²) in [5.74, 6) is 0.756. The molecule has 2 aliphatic heterocycles. The highest BCUT2D eigenvalue weighted by molar-refractivity contribution is 7.14. The highest BCUT2D eigenvalue weighted by atomic mass is 32.2. The van der Waals surface area contributed by atoms with Gasteiger partial charge in [0.2, 0.25) is 0 Å². The van der Waals surface area contributed by atoms with Crippen LogP contribution in [0.5, 0.6) is 5.88 Å². The molecule has 0 amide bonds. The second-order valence-electron chi connectivity index (χ2n) is 8.98. The van der Waals surface area contributed by atoms with Crippen molar-refractivity contribution in [2.45, 2.75) is 50.6 Å². The van der Waals surface area contributed by atoms with Crippen LogP contribution >= 0.6 is 11.1 Å². The number of benzene rings is 1. The standard InChI is InChI=1S/C24H27F3N4O3S/c1-2-33-23-22(30-35(32)31-23)28-13-16-9-10-17-20(14-6-4-3-5-7-14)29-19-11-8-15(24(25,26)27)12-18(19)21(17)34-16/h3-6,8,11-12,14,16-17,20-21,29H,2,7,9-10,13H2,1H3,(H,28,30)/t14?,16-,17+,20+,21+,35?/m1/s1. The minimum atomic E-state index is -4.43. The molecule has 0 saturated carbocycles. The number of ether oxygens (including phenoxy) is 2. The van der Waals surface area contributed by atoms with Crippen LogP contribution in [-0.4, -0.2) is 38.6 Å². The molecule has 0 bridgehead atoms. The molecule has 11 heteroatoms. The molecule has 0 radical (unpaired) electrons. The van der Waals surface area contributed by atoms with Gasteiger partial charge >= 0.3 is 12.1 Å². The number of alkyl halides is 3. The zero-order chi connectivity index (χ0) is 24.6. The first-order valence-corrected chi connectivity index (χ1v) is 12.8. The topological polar surface area (TPSA) is 91.4 Å². The van der Waals surface area contributed by atoms with Crippen molar-refractivity contribution in [3.05, 3.63) is 53.6 Å². The van der Waals surface area contributed by atoms with E-state index in [0.29, 0.717) is 30.2 Å². The van der Waals surface area contributed by atoms with Gasteiger partial charge in [-0.25, -0.2) is 0 Å². The second-order valence-corrected chi connectivity index (χ2v) is 9.81. The molecule has 1 fully saturated rings. The highest BCUT2D eigenvalue weighted by Gasteiger charge is 2.45. The molecule has 1 aromatic carbocycles. The number of hydrogen-bond donors (Lipinski definition) is 2. The molecule has 2 aromatic rings. The largest absolute Gasteiger partial charge is 0.546 e. The molecule has 6 atom stereocenters. The van der Waals surface area contributed by atoms with Crippen LogP contribution in [0.2, 0.25) is 0 Å².